The Kier molecular flexibility index (Phi) is 4.28. The molecular weight excluding hydrogens is 310 g/mol. The minimum absolute atomic E-state index is 0.0654. The maximum absolute atomic E-state index is 5.49. The van der Waals surface area contributed by atoms with Crippen LogP contribution in [0.2, 0.25) is 0 Å². The largest absolute Gasteiger partial charge is 0.496 e. The van der Waals surface area contributed by atoms with Gasteiger partial charge in [-0.3, -0.25) is 0 Å². The lowest BCUT2D eigenvalue weighted by Gasteiger charge is -2.26. The van der Waals surface area contributed by atoms with Crippen LogP contribution in [-0.2, 0) is 4.84 Å². The minimum atomic E-state index is -0.0654. The van der Waals surface area contributed by atoms with Crippen LogP contribution in [0.15, 0.2) is 23.6 Å². The van der Waals surface area contributed by atoms with Crippen LogP contribution < -0.4 is 16.0 Å². The van der Waals surface area contributed by atoms with Crippen molar-refractivity contribution in [1.29, 1.82) is 0 Å². The Hall–Kier alpha value is -2.05. The predicted molar refractivity (Wildman–Crippen MR) is 93.5 cm³/mol. The zero-order valence-electron chi connectivity index (χ0n) is 13.7. The quantitative estimate of drug-likeness (QED) is 0.829. The van der Waals surface area contributed by atoms with Crippen LogP contribution in [-0.4, -0.2) is 12.1 Å². The molecule has 6 heteroatoms. The highest BCUT2D eigenvalue weighted by Gasteiger charge is 2.26. The Morgan fingerprint density at radius 1 is 1.35 bits per heavy atom. The molecule has 23 heavy (non-hydrogen) atoms. The molecule has 0 bridgehead atoms. The number of benzene rings is 1. The smallest absolute Gasteiger partial charge is 0.154 e. The highest BCUT2D eigenvalue weighted by atomic mass is 32.1. The number of ether oxygens (including phenoxy) is 1. The van der Waals surface area contributed by atoms with Crippen molar-refractivity contribution >= 4 is 22.8 Å². The van der Waals surface area contributed by atoms with Gasteiger partial charge in [0, 0.05) is 16.5 Å². The van der Waals surface area contributed by atoms with E-state index in [0.717, 1.165) is 33.3 Å². The maximum atomic E-state index is 5.49. The van der Waals surface area contributed by atoms with Crippen LogP contribution in [0.25, 0.3) is 5.76 Å². The molecule has 0 saturated heterocycles. The topological polar surface area (TPSA) is 69.4 Å². The summed E-state index contributed by atoms with van der Waals surface area (Å²) in [6, 6.07) is 3.80. The van der Waals surface area contributed by atoms with Gasteiger partial charge in [0.25, 0.3) is 0 Å². The van der Waals surface area contributed by atoms with E-state index >= 15 is 0 Å². The van der Waals surface area contributed by atoms with Gasteiger partial charge in [0.1, 0.15) is 16.8 Å². The first-order valence-corrected chi connectivity index (χ1v) is 8.41. The lowest BCUT2D eigenvalue weighted by atomic mass is 9.99. The standard InChI is InChI=1S/C17H21N3O2S/c1-9(2)13-8-23-17(20-13)12-7-15(22-18)11-5-6-14(21-4)10(3)16(11)19-12/h5-9,12,19H,18H2,1-4H3. The van der Waals surface area contributed by atoms with E-state index < -0.39 is 0 Å². The van der Waals surface area contributed by atoms with Gasteiger partial charge in [0.05, 0.1) is 18.5 Å². The third-order valence-corrected chi connectivity index (χ3v) is 4.99. The van der Waals surface area contributed by atoms with Crippen molar-refractivity contribution in [3.8, 4) is 5.75 Å². The molecule has 1 unspecified atom stereocenters. The normalized spacial score (nSPS) is 16.6. The van der Waals surface area contributed by atoms with Crippen LogP contribution >= 0.6 is 11.3 Å². The molecule has 1 aliphatic heterocycles. The zero-order valence-corrected chi connectivity index (χ0v) is 14.5. The number of nitrogens with two attached hydrogens (primary N) is 1. The number of hydrogen-bond donors (Lipinski definition) is 2. The van der Waals surface area contributed by atoms with Crippen molar-refractivity contribution < 1.29 is 9.57 Å². The first-order chi connectivity index (χ1) is 11.0. The van der Waals surface area contributed by atoms with Crippen molar-refractivity contribution in [2.45, 2.75) is 32.7 Å². The third-order valence-electron chi connectivity index (χ3n) is 4.04. The maximum Gasteiger partial charge on any atom is 0.154 e. The summed E-state index contributed by atoms with van der Waals surface area (Å²) in [7, 11) is 1.67. The van der Waals surface area contributed by atoms with Crippen LogP contribution in [0.4, 0.5) is 5.69 Å². The second-order valence-corrected chi connectivity index (χ2v) is 6.74. The molecule has 2 aromatic rings. The Labute approximate surface area is 140 Å². The van der Waals surface area contributed by atoms with Crippen molar-refractivity contribution in [2.75, 3.05) is 12.4 Å². The van der Waals surface area contributed by atoms with Gasteiger partial charge in [-0.2, -0.15) is 5.90 Å². The lowest BCUT2D eigenvalue weighted by Crippen LogP contribution is -2.18. The summed E-state index contributed by atoms with van der Waals surface area (Å²) in [4.78, 5) is 9.84. The molecule has 0 saturated carbocycles. The second-order valence-electron chi connectivity index (χ2n) is 5.85. The molecular formula is C17H21N3O2S. The number of anilines is 1. The van der Waals surface area contributed by atoms with E-state index in [1.807, 2.05) is 25.1 Å². The Balaban J connectivity index is 2.03. The lowest BCUT2D eigenvalue weighted by molar-refractivity contribution is 0.288. The van der Waals surface area contributed by atoms with Gasteiger partial charge >= 0.3 is 0 Å². The summed E-state index contributed by atoms with van der Waals surface area (Å²) in [6.07, 6.45) is 1.97. The van der Waals surface area contributed by atoms with E-state index in [4.69, 9.17) is 20.5 Å². The average molecular weight is 331 g/mol. The molecule has 1 atom stereocenters. The number of rotatable bonds is 4. The van der Waals surface area contributed by atoms with Crippen molar-refractivity contribution in [2.24, 2.45) is 5.90 Å². The molecule has 0 amide bonds. The van der Waals surface area contributed by atoms with Crippen molar-refractivity contribution in [3.05, 3.63) is 45.4 Å². The van der Waals surface area contributed by atoms with E-state index in [2.05, 4.69) is 24.5 Å². The number of fused-ring (bicyclic) bond motifs is 1. The second kappa shape index (κ2) is 6.22. The summed E-state index contributed by atoms with van der Waals surface area (Å²) in [6.45, 7) is 6.30. The fourth-order valence-electron chi connectivity index (χ4n) is 2.69. The van der Waals surface area contributed by atoms with Gasteiger partial charge in [-0.25, -0.2) is 4.98 Å². The number of nitrogens with zero attached hydrogens (tertiary/aromatic N) is 1. The van der Waals surface area contributed by atoms with Crippen LogP contribution in [0.3, 0.4) is 0 Å². The Morgan fingerprint density at radius 2 is 2.13 bits per heavy atom. The number of hydrogen-bond acceptors (Lipinski definition) is 6. The molecule has 1 aliphatic rings. The van der Waals surface area contributed by atoms with E-state index in [-0.39, 0.29) is 6.04 Å². The van der Waals surface area contributed by atoms with Gasteiger partial charge in [-0.15, -0.1) is 11.3 Å². The molecule has 2 heterocycles. The fraction of sp³-hybridized carbons (Fsp3) is 0.353. The predicted octanol–water partition coefficient (Wildman–Crippen LogP) is 3.98. The van der Waals surface area contributed by atoms with Crippen LogP contribution in [0.5, 0.6) is 5.75 Å². The van der Waals surface area contributed by atoms with Crippen LogP contribution in [0, 0.1) is 6.92 Å². The van der Waals surface area contributed by atoms with E-state index in [0.29, 0.717) is 11.7 Å². The molecule has 0 fully saturated rings. The average Bonchev–Trinajstić information content (AvgIpc) is 3.05. The number of aromatic nitrogens is 1. The zero-order chi connectivity index (χ0) is 16.6. The van der Waals surface area contributed by atoms with Gasteiger partial charge in [0.15, 0.2) is 5.76 Å². The minimum Gasteiger partial charge on any atom is -0.496 e. The molecule has 3 rings (SSSR count). The SMILES string of the molecule is COc1ccc2c(c1C)NC(c1nc(C(C)C)cs1)C=C2ON. The summed E-state index contributed by atoms with van der Waals surface area (Å²) in [5.74, 6) is 7.38. The van der Waals surface area contributed by atoms with Gasteiger partial charge in [0.2, 0.25) is 0 Å². The summed E-state index contributed by atoms with van der Waals surface area (Å²) < 4.78 is 5.41. The highest BCUT2D eigenvalue weighted by Crippen LogP contribution is 2.41. The third kappa shape index (κ3) is 2.80. The fourth-order valence-corrected chi connectivity index (χ4v) is 3.69. The molecule has 1 aromatic carbocycles. The van der Waals surface area contributed by atoms with Crippen molar-refractivity contribution in [3.63, 3.8) is 0 Å². The number of methoxy groups -OCH3 is 1. The molecule has 0 spiro atoms. The summed E-state index contributed by atoms with van der Waals surface area (Å²) >= 11 is 1.64. The van der Waals surface area contributed by atoms with Gasteiger partial charge in [-0.05, 0) is 31.1 Å². The highest BCUT2D eigenvalue weighted by molar-refractivity contribution is 7.09. The molecule has 5 nitrogen and oxygen atoms in total. The van der Waals surface area contributed by atoms with Gasteiger partial charge in [-0.1, -0.05) is 13.8 Å². The summed E-state index contributed by atoms with van der Waals surface area (Å²) in [5.41, 5.74) is 4.03. The van der Waals surface area contributed by atoms with E-state index in [9.17, 15) is 0 Å². The Morgan fingerprint density at radius 3 is 2.74 bits per heavy atom. The molecule has 0 radical (unpaired) electrons. The molecule has 3 N–H and O–H groups in total. The first-order valence-electron chi connectivity index (χ1n) is 7.53. The van der Waals surface area contributed by atoms with Crippen LogP contribution in [0.1, 0.15) is 47.6 Å². The summed E-state index contributed by atoms with van der Waals surface area (Å²) in [5, 5.41) is 6.63. The monoisotopic (exact) mass is 331 g/mol. The molecule has 0 aliphatic carbocycles. The molecule has 1 aromatic heterocycles. The van der Waals surface area contributed by atoms with Crippen molar-refractivity contribution in [1.82, 2.24) is 4.98 Å². The number of nitrogens with one attached hydrogen (secondary N) is 1. The Bertz CT molecular complexity index is 752. The first kappa shape index (κ1) is 15.8. The van der Waals surface area contributed by atoms with E-state index in [1.54, 1.807) is 18.4 Å². The number of thiazole rings is 1. The van der Waals surface area contributed by atoms with Gasteiger partial charge < -0.3 is 14.9 Å². The molecule has 122 valence electrons. The van der Waals surface area contributed by atoms with E-state index in [1.165, 1.54) is 0 Å².